The van der Waals surface area contributed by atoms with Gasteiger partial charge in [0.05, 0.1) is 13.2 Å². The van der Waals surface area contributed by atoms with E-state index in [9.17, 15) is 14.4 Å². The van der Waals surface area contributed by atoms with Crippen LogP contribution in [0.1, 0.15) is 40.5 Å². The van der Waals surface area contributed by atoms with Crippen molar-refractivity contribution in [1.82, 2.24) is 5.32 Å². The van der Waals surface area contributed by atoms with Gasteiger partial charge in [0.25, 0.3) is 0 Å². The number of hydrogen-bond donors (Lipinski definition) is 4. The fourth-order valence-electron chi connectivity index (χ4n) is 2.84. The zero-order chi connectivity index (χ0) is 20.6. The number of Topliss-reactive ketones (excluding diaryl/α,β-unsaturated/α-hetero) is 1. The molecule has 0 radical (unpaired) electrons. The summed E-state index contributed by atoms with van der Waals surface area (Å²) in [5, 5.41) is 3.05. The summed E-state index contributed by atoms with van der Waals surface area (Å²) in [5.41, 5.74) is -2.62. The average molecular weight is 402 g/mol. The molecule has 1 fully saturated rings. The first-order valence-corrected chi connectivity index (χ1v) is 9.53. The van der Waals surface area contributed by atoms with E-state index in [2.05, 4.69) is 5.32 Å². The summed E-state index contributed by atoms with van der Waals surface area (Å²) in [4.78, 5) is 37.6. The van der Waals surface area contributed by atoms with Crippen molar-refractivity contribution in [3.8, 4) is 0 Å². The SMILES string of the molecule is CCOC(=O)C1(CC)CNCC(CC)(C(=O)OCC)C1=O.[O-][Cl+](O)(O)O. The van der Waals surface area contributed by atoms with Gasteiger partial charge in [-0.05, 0) is 26.7 Å². The first-order valence-electron chi connectivity index (χ1n) is 8.21. The van der Waals surface area contributed by atoms with Crippen LogP contribution >= 0.6 is 0 Å². The van der Waals surface area contributed by atoms with Crippen LogP contribution in [0, 0.1) is 21.1 Å². The number of hydrogen-bond acceptors (Lipinski definition) is 10. The summed E-state index contributed by atoms with van der Waals surface area (Å²) < 4.78 is 40.4. The third-order valence-electron chi connectivity index (χ3n) is 4.26. The molecule has 0 amide bonds. The van der Waals surface area contributed by atoms with Crippen molar-refractivity contribution in [2.24, 2.45) is 10.8 Å². The minimum atomic E-state index is -4.19. The third kappa shape index (κ3) is 5.86. The summed E-state index contributed by atoms with van der Waals surface area (Å²) >= 11 is 0. The maximum atomic E-state index is 13.0. The molecule has 1 aliphatic heterocycles. The topological polar surface area (TPSA) is 165 Å². The molecular weight excluding hydrogens is 374 g/mol. The molecule has 1 heterocycles. The molecule has 0 aliphatic carbocycles. The van der Waals surface area contributed by atoms with Gasteiger partial charge in [0.2, 0.25) is 0 Å². The van der Waals surface area contributed by atoms with Gasteiger partial charge in [-0.3, -0.25) is 14.4 Å². The Morgan fingerprint density at radius 1 is 1.00 bits per heavy atom. The molecular formula is C15H28ClNO9. The van der Waals surface area contributed by atoms with E-state index < -0.39 is 33.0 Å². The molecule has 0 aromatic rings. The zero-order valence-corrected chi connectivity index (χ0v) is 16.2. The molecule has 10 nitrogen and oxygen atoms in total. The summed E-state index contributed by atoms with van der Waals surface area (Å²) in [6.07, 6.45) is 0.581. The van der Waals surface area contributed by atoms with Crippen molar-refractivity contribution in [2.45, 2.75) is 40.5 Å². The van der Waals surface area contributed by atoms with Crippen molar-refractivity contribution < 1.29 is 52.7 Å². The predicted octanol–water partition coefficient (Wildman–Crippen LogP) is -1.78. The van der Waals surface area contributed by atoms with Gasteiger partial charge >= 0.3 is 40.8 Å². The second kappa shape index (κ2) is 10.1. The van der Waals surface area contributed by atoms with E-state index in [0.717, 1.165) is 0 Å². The standard InChI is InChI=1S/C15H25NO5.ClH3O4/c1-5-14(12(18)20-7-3)9-16-10-15(6-2,11(14)17)13(19)21-8-4;2-1(3,4)5/h16H,5-10H2,1-4H3;2-4H. The van der Waals surface area contributed by atoms with E-state index in [1.807, 2.05) is 0 Å². The van der Waals surface area contributed by atoms with Gasteiger partial charge < -0.3 is 14.8 Å². The van der Waals surface area contributed by atoms with Crippen LogP contribution in [0.15, 0.2) is 0 Å². The molecule has 2 unspecified atom stereocenters. The molecule has 1 rings (SSSR count). The number of ketones is 1. The van der Waals surface area contributed by atoms with Crippen LogP contribution in [-0.2, 0) is 23.9 Å². The molecule has 2 atom stereocenters. The van der Waals surface area contributed by atoms with Gasteiger partial charge in [0.15, 0.2) is 5.78 Å². The first-order chi connectivity index (χ1) is 11.9. The van der Waals surface area contributed by atoms with Gasteiger partial charge in [-0.1, -0.05) is 13.8 Å². The number of esters is 2. The van der Waals surface area contributed by atoms with Crippen LogP contribution in [0.25, 0.3) is 0 Å². The Morgan fingerprint density at radius 3 is 1.54 bits per heavy atom. The minimum absolute atomic E-state index is 0.197. The second-order valence-electron chi connectivity index (χ2n) is 5.68. The van der Waals surface area contributed by atoms with Gasteiger partial charge in [-0.15, -0.1) is 0 Å². The van der Waals surface area contributed by atoms with Crippen LogP contribution in [0.5, 0.6) is 0 Å². The summed E-state index contributed by atoms with van der Waals surface area (Å²) in [7, 11) is -4.19. The van der Waals surface area contributed by atoms with Gasteiger partial charge in [-0.25, -0.2) is 0 Å². The number of halogens is 1. The molecule has 1 saturated heterocycles. The Hall–Kier alpha value is -1.30. The molecule has 4 N–H and O–H groups in total. The van der Waals surface area contributed by atoms with Gasteiger partial charge in [0, 0.05) is 13.1 Å². The number of ether oxygens (including phenoxy) is 2. The van der Waals surface area contributed by atoms with E-state index in [1.165, 1.54) is 0 Å². The molecule has 0 aromatic carbocycles. The van der Waals surface area contributed by atoms with Crippen LogP contribution in [-0.4, -0.2) is 58.0 Å². The average Bonchev–Trinajstić information content (AvgIpc) is 2.54. The molecule has 154 valence electrons. The van der Waals surface area contributed by atoms with E-state index in [-0.39, 0.29) is 32.1 Å². The van der Waals surface area contributed by atoms with Crippen LogP contribution < -0.4 is 9.98 Å². The van der Waals surface area contributed by atoms with Crippen molar-refractivity contribution in [3.63, 3.8) is 0 Å². The fourth-order valence-corrected chi connectivity index (χ4v) is 2.84. The van der Waals surface area contributed by atoms with E-state index in [4.69, 9.17) is 28.1 Å². The number of carbonyl (C=O) groups excluding carboxylic acids is 3. The number of nitrogens with one attached hydrogen (secondary N) is 1. The quantitative estimate of drug-likeness (QED) is 0.295. The van der Waals surface area contributed by atoms with Gasteiger partial charge in [0.1, 0.15) is 10.8 Å². The molecule has 1 aliphatic rings. The molecule has 0 bridgehead atoms. The van der Waals surface area contributed by atoms with Crippen molar-refractivity contribution in [2.75, 3.05) is 26.3 Å². The third-order valence-corrected chi connectivity index (χ3v) is 4.26. The predicted molar refractivity (Wildman–Crippen MR) is 83.2 cm³/mol. The van der Waals surface area contributed by atoms with E-state index in [1.54, 1.807) is 27.7 Å². The van der Waals surface area contributed by atoms with E-state index >= 15 is 0 Å². The van der Waals surface area contributed by atoms with Crippen LogP contribution in [0.3, 0.4) is 0 Å². The van der Waals surface area contributed by atoms with Crippen LogP contribution in [0.4, 0.5) is 0 Å². The fraction of sp³-hybridized carbons (Fsp3) is 0.800. The zero-order valence-electron chi connectivity index (χ0n) is 15.4. The second-order valence-corrected chi connectivity index (χ2v) is 6.55. The monoisotopic (exact) mass is 401 g/mol. The molecule has 0 aromatic heterocycles. The Labute approximate surface area is 154 Å². The molecule has 26 heavy (non-hydrogen) atoms. The first kappa shape index (κ1) is 24.7. The van der Waals surface area contributed by atoms with Crippen molar-refractivity contribution in [1.29, 1.82) is 0 Å². The number of rotatable bonds is 6. The Morgan fingerprint density at radius 2 is 1.31 bits per heavy atom. The summed E-state index contributed by atoms with van der Waals surface area (Å²) in [5.74, 6) is -1.51. The maximum absolute atomic E-state index is 13.0. The molecule has 0 saturated carbocycles. The number of carbonyl (C=O) groups is 3. The van der Waals surface area contributed by atoms with Crippen molar-refractivity contribution >= 4 is 17.7 Å². The van der Waals surface area contributed by atoms with E-state index in [0.29, 0.717) is 12.8 Å². The number of piperidine rings is 1. The van der Waals surface area contributed by atoms with Crippen LogP contribution in [0.2, 0.25) is 0 Å². The molecule has 11 heteroatoms. The van der Waals surface area contributed by atoms with Crippen molar-refractivity contribution in [3.05, 3.63) is 0 Å². The Bertz CT molecular complexity index is 466. The van der Waals surface area contributed by atoms with Gasteiger partial charge in [-0.2, -0.15) is 0 Å². The summed E-state index contributed by atoms with van der Waals surface area (Å²) in [6, 6.07) is 0. The molecule has 0 spiro atoms. The normalized spacial score (nSPS) is 26.4. The Balaban J connectivity index is 0.00000110. The summed E-state index contributed by atoms with van der Waals surface area (Å²) in [6.45, 7) is 7.70. The Kier molecular flexibility index (Phi) is 9.64.